The second-order valence-electron chi connectivity index (χ2n) is 10.1. The van der Waals surface area contributed by atoms with Crippen molar-refractivity contribution in [2.24, 2.45) is 0 Å². The molecule has 1 aliphatic heterocycles. The van der Waals surface area contributed by atoms with E-state index in [1.807, 2.05) is 65.0 Å². The third kappa shape index (κ3) is 5.58. The number of unbranched alkanes of at least 4 members (excludes halogenated alkanes) is 1. The number of aryl methyl sites for hydroxylation is 2. The molecule has 1 atom stereocenters. The quantitative estimate of drug-likeness (QED) is 0.259. The maximum absolute atomic E-state index is 14.0. The average molecular weight is 522 g/mol. The summed E-state index contributed by atoms with van der Waals surface area (Å²) in [6.45, 7) is 13.9. The van der Waals surface area contributed by atoms with E-state index in [0.717, 1.165) is 29.5 Å². The molecule has 2 aromatic carbocycles. The molecule has 7 nitrogen and oxygen atoms in total. The molecule has 1 aliphatic rings. The molecule has 1 unspecified atom stereocenters. The van der Waals surface area contributed by atoms with E-state index in [4.69, 9.17) is 18.6 Å². The summed E-state index contributed by atoms with van der Waals surface area (Å²) >= 11 is 0. The number of rotatable bonds is 12. The van der Waals surface area contributed by atoms with Crippen LogP contribution in [0.15, 0.2) is 39.5 Å². The Morgan fingerprint density at radius 1 is 0.974 bits per heavy atom. The molecule has 0 N–H and O–H groups in total. The molecule has 0 aliphatic carbocycles. The maximum atomic E-state index is 14.0. The monoisotopic (exact) mass is 521 g/mol. The topological polar surface area (TPSA) is 78.2 Å². The number of carbonyl (C=O) groups is 1. The molecule has 38 heavy (non-hydrogen) atoms. The van der Waals surface area contributed by atoms with Gasteiger partial charge in [0.2, 0.25) is 5.76 Å². The molecule has 204 valence electrons. The van der Waals surface area contributed by atoms with Gasteiger partial charge in [0.15, 0.2) is 16.9 Å². The van der Waals surface area contributed by atoms with Crippen molar-refractivity contribution >= 4 is 16.9 Å². The smallest absolute Gasteiger partial charge is 0.290 e. The van der Waals surface area contributed by atoms with E-state index >= 15 is 0 Å². The summed E-state index contributed by atoms with van der Waals surface area (Å²) in [7, 11) is 0. The number of benzene rings is 2. The second kappa shape index (κ2) is 12.0. The van der Waals surface area contributed by atoms with Crippen molar-refractivity contribution < 1.29 is 23.4 Å². The van der Waals surface area contributed by atoms with Gasteiger partial charge in [-0.3, -0.25) is 9.59 Å². The van der Waals surface area contributed by atoms with E-state index in [9.17, 15) is 9.59 Å². The van der Waals surface area contributed by atoms with Crippen molar-refractivity contribution in [1.29, 1.82) is 0 Å². The van der Waals surface area contributed by atoms with Crippen molar-refractivity contribution in [3.05, 3.63) is 68.6 Å². The summed E-state index contributed by atoms with van der Waals surface area (Å²) in [5.74, 6) is 1.09. The minimum absolute atomic E-state index is 0.103. The number of hydrogen-bond donors (Lipinski definition) is 0. The lowest BCUT2D eigenvalue weighted by atomic mass is 9.96. The predicted molar refractivity (Wildman–Crippen MR) is 149 cm³/mol. The number of ether oxygens (including phenoxy) is 3. The number of carbonyl (C=O) groups excluding carboxylic acids is 1. The zero-order valence-corrected chi connectivity index (χ0v) is 23.4. The van der Waals surface area contributed by atoms with Crippen LogP contribution in [0.3, 0.4) is 0 Å². The zero-order valence-electron chi connectivity index (χ0n) is 23.4. The summed E-state index contributed by atoms with van der Waals surface area (Å²) in [5, 5.41) is 0.515. The van der Waals surface area contributed by atoms with Crippen LogP contribution in [0.5, 0.6) is 11.5 Å². The molecule has 0 saturated heterocycles. The Morgan fingerprint density at radius 3 is 2.47 bits per heavy atom. The number of amides is 1. The standard InChI is InChI=1S/C31H39NO6/c1-7-9-14-37-23-12-11-22(18-24(23)35-8-2)28-27-29(33)26-21(6)16-20(5)17-25(26)38-30(27)31(34)32(28)13-10-15-36-19(3)4/h11-12,16-19,28H,7-10,13-15H2,1-6H3. The normalized spacial score (nSPS) is 15.0. The van der Waals surface area contributed by atoms with Crippen molar-refractivity contribution in [3.63, 3.8) is 0 Å². The highest BCUT2D eigenvalue weighted by molar-refractivity contribution is 5.99. The Labute approximate surface area is 224 Å². The highest BCUT2D eigenvalue weighted by Crippen LogP contribution is 2.41. The Kier molecular flexibility index (Phi) is 8.77. The maximum Gasteiger partial charge on any atom is 0.290 e. The molecule has 0 spiro atoms. The van der Waals surface area contributed by atoms with Gasteiger partial charge in [0, 0.05) is 13.2 Å². The van der Waals surface area contributed by atoms with Crippen LogP contribution in [0.25, 0.3) is 11.0 Å². The van der Waals surface area contributed by atoms with E-state index in [0.29, 0.717) is 60.8 Å². The third-order valence-corrected chi connectivity index (χ3v) is 6.75. The molecule has 0 fully saturated rings. The first-order chi connectivity index (χ1) is 18.3. The first kappa shape index (κ1) is 27.7. The van der Waals surface area contributed by atoms with Crippen LogP contribution in [-0.2, 0) is 4.74 Å². The van der Waals surface area contributed by atoms with Crippen LogP contribution < -0.4 is 14.9 Å². The number of hydrogen-bond acceptors (Lipinski definition) is 6. The van der Waals surface area contributed by atoms with Gasteiger partial charge in [0.1, 0.15) is 5.58 Å². The van der Waals surface area contributed by atoms with Crippen LogP contribution >= 0.6 is 0 Å². The summed E-state index contributed by atoms with van der Waals surface area (Å²) in [4.78, 5) is 29.4. The minimum Gasteiger partial charge on any atom is -0.490 e. The van der Waals surface area contributed by atoms with Gasteiger partial charge in [-0.25, -0.2) is 0 Å². The Morgan fingerprint density at radius 2 is 1.76 bits per heavy atom. The van der Waals surface area contributed by atoms with Gasteiger partial charge in [-0.05, 0) is 82.3 Å². The van der Waals surface area contributed by atoms with E-state index in [-0.39, 0.29) is 23.2 Å². The molecule has 0 saturated carbocycles. The van der Waals surface area contributed by atoms with Crippen molar-refractivity contribution in [2.45, 2.75) is 73.0 Å². The SMILES string of the molecule is CCCCOc1ccc(C2c3c(oc4cc(C)cc(C)c4c3=O)C(=O)N2CCCOC(C)C)cc1OCC. The average Bonchev–Trinajstić information content (AvgIpc) is 3.14. The minimum atomic E-state index is -0.596. The molecule has 0 radical (unpaired) electrons. The van der Waals surface area contributed by atoms with Crippen molar-refractivity contribution in [1.82, 2.24) is 4.90 Å². The van der Waals surface area contributed by atoms with Gasteiger partial charge in [-0.15, -0.1) is 0 Å². The summed E-state index contributed by atoms with van der Waals surface area (Å²) < 4.78 is 23.8. The fourth-order valence-electron chi connectivity index (χ4n) is 5.05. The summed E-state index contributed by atoms with van der Waals surface area (Å²) in [6, 6.07) is 8.87. The van der Waals surface area contributed by atoms with E-state index in [1.165, 1.54) is 0 Å². The van der Waals surface area contributed by atoms with Crippen LogP contribution in [0.4, 0.5) is 0 Å². The molecular formula is C31H39NO6. The predicted octanol–water partition coefficient (Wildman–Crippen LogP) is 6.35. The van der Waals surface area contributed by atoms with Gasteiger partial charge in [-0.1, -0.05) is 25.5 Å². The largest absolute Gasteiger partial charge is 0.490 e. The number of nitrogens with zero attached hydrogens (tertiary/aromatic N) is 1. The van der Waals surface area contributed by atoms with Crippen LogP contribution in [-0.4, -0.2) is 43.3 Å². The molecule has 1 amide bonds. The van der Waals surface area contributed by atoms with E-state index in [2.05, 4.69) is 6.92 Å². The summed E-state index contributed by atoms with van der Waals surface area (Å²) in [6.07, 6.45) is 2.71. The van der Waals surface area contributed by atoms with Gasteiger partial charge >= 0.3 is 0 Å². The summed E-state index contributed by atoms with van der Waals surface area (Å²) in [5.41, 5.74) is 3.24. The lowest BCUT2D eigenvalue weighted by Crippen LogP contribution is -2.31. The highest BCUT2D eigenvalue weighted by Gasteiger charge is 2.43. The molecule has 0 bridgehead atoms. The molecule has 2 heterocycles. The molecule has 4 rings (SSSR count). The van der Waals surface area contributed by atoms with Gasteiger partial charge in [0.05, 0.1) is 36.3 Å². The highest BCUT2D eigenvalue weighted by atomic mass is 16.5. The van der Waals surface area contributed by atoms with Crippen molar-refractivity contribution in [3.8, 4) is 11.5 Å². The van der Waals surface area contributed by atoms with Crippen molar-refractivity contribution in [2.75, 3.05) is 26.4 Å². The lowest BCUT2D eigenvalue weighted by Gasteiger charge is -2.26. The fourth-order valence-corrected chi connectivity index (χ4v) is 5.05. The zero-order chi connectivity index (χ0) is 27.4. The molecule has 1 aromatic heterocycles. The Bertz CT molecular complexity index is 1360. The van der Waals surface area contributed by atoms with Crippen LogP contribution in [0.2, 0.25) is 0 Å². The fraction of sp³-hybridized carbons (Fsp3) is 0.484. The van der Waals surface area contributed by atoms with E-state index in [1.54, 1.807) is 4.90 Å². The third-order valence-electron chi connectivity index (χ3n) is 6.75. The first-order valence-corrected chi connectivity index (χ1v) is 13.7. The van der Waals surface area contributed by atoms with Crippen LogP contribution in [0.1, 0.15) is 85.8 Å². The van der Waals surface area contributed by atoms with Crippen LogP contribution in [0, 0.1) is 13.8 Å². The number of fused-ring (bicyclic) bond motifs is 2. The van der Waals surface area contributed by atoms with Gasteiger partial charge in [-0.2, -0.15) is 0 Å². The lowest BCUT2D eigenvalue weighted by molar-refractivity contribution is 0.0593. The van der Waals surface area contributed by atoms with Gasteiger partial charge < -0.3 is 23.5 Å². The molecule has 3 aromatic rings. The van der Waals surface area contributed by atoms with Gasteiger partial charge in [0.25, 0.3) is 5.91 Å². The first-order valence-electron chi connectivity index (χ1n) is 13.7. The van der Waals surface area contributed by atoms with E-state index < -0.39 is 6.04 Å². The Balaban J connectivity index is 1.83. The Hall–Kier alpha value is -3.32. The molecular weight excluding hydrogens is 482 g/mol. The molecule has 7 heteroatoms. The second-order valence-corrected chi connectivity index (χ2v) is 10.1.